The van der Waals surface area contributed by atoms with E-state index in [1.165, 1.54) is 4.90 Å². The minimum Gasteiger partial charge on any atom is -0.399 e. The van der Waals surface area contributed by atoms with Gasteiger partial charge in [-0.3, -0.25) is 4.79 Å². The largest absolute Gasteiger partial charge is 0.399 e. The number of hydrogen-bond donors (Lipinski definition) is 1. The predicted octanol–water partition coefficient (Wildman–Crippen LogP) is 0.451. The van der Waals surface area contributed by atoms with Crippen molar-refractivity contribution in [2.75, 3.05) is 50.3 Å². The number of nitrogen functional groups attached to an aromatic ring is 1. The molecule has 0 aliphatic rings. The molecular weight excluding hydrogens is 278 g/mol. The molecule has 0 aliphatic heterocycles. The van der Waals surface area contributed by atoms with Crippen LogP contribution in [0.15, 0.2) is 18.2 Å². The molecule has 6 nitrogen and oxygen atoms in total. The van der Waals surface area contributed by atoms with E-state index in [9.17, 15) is 13.2 Å². The van der Waals surface area contributed by atoms with Crippen molar-refractivity contribution < 1.29 is 13.2 Å². The van der Waals surface area contributed by atoms with E-state index in [-0.39, 0.29) is 18.2 Å². The van der Waals surface area contributed by atoms with Crippen LogP contribution < -0.4 is 10.6 Å². The number of anilines is 2. The van der Waals surface area contributed by atoms with Crippen LogP contribution in [0.2, 0.25) is 0 Å². The Morgan fingerprint density at radius 3 is 2.35 bits per heavy atom. The molecule has 0 bridgehead atoms. The number of hydrogen-bond acceptors (Lipinski definition) is 5. The molecule has 2 N–H and O–H groups in total. The number of benzene rings is 1. The van der Waals surface area contributed by atoms with Gasteiger partial charge >= 0.3 is 0 Å². The van der Waals surface area contributed by atoms with E-state index >= 15 is 0 Å². The molecule has 1 aromatic carbocycles. The number of nitrogens with zero attached hydrogens (tertiary/aromatic N) is 2. The highest BCUT2D eigenvalue weighted by Gasteiger charge is 2.18. The maximum absolute atomic E-state index is 12.4. The summed E-state index contributed by atoms with van der Waals surface area (Å²) >= 11 is 0. The second kappa shape index (κ2) is 6.13. The molecule has 7 heteroatoms. The molecule has 0 atom stereocenters. The highest BCUT2D eigenvalue weighted by molar-refractivity contribution is 7.90. The van der Waals surface area contributed by atoms with Gasteiger partial charge in [-0.2, -0.15) is 0 Å². The van der Waals surface area contributed by atoms with Crippen molar-refractivity contribution in [2.24, 2.45) is 0 Å². The number of nitrogens with two attached hydrogens (primary N) is 1. The Labute approximate surface area is 120 Å². The molecule has 0 radical (unpaired) electrons. The van der Waals surface area contributed by atoms with Crippen molar-refractivity contribution in [3.63, 3.8) is 0 Å². The van der Waals surface area contributed by atoms with Gasteiger partial charge in [-0.05, 0) is 18.2 Å². The van der Waals surface area contributed by atoms with Crippen molar-refractivity contribution >= 4 is 27.1 Å². The van der Waals surface area contributed by atoms with Crippen molar-refractivity contribution in [1.29, 1.82) is 0 Å². The van der Waals surface area contributed by atoms with Crippen LogP contribution in [0.1, 0.15) is 10.4 Å². The van der Waals surface area contributed by atoms with Crippen molar-refractivity contribution in [1.82, 2.24) is 4.90 Å². The topological polar surface area (TPSA) is 83.7 Å². The first-order chi connectivity index (χ1) is 9.11. The van der Waals surface area contributed by atoms with Gasteiger partial charge in [-0.25, -0.2) is 8.42 Å². The molecule has 20 heavy (non-hydrogen) atoms. The first-order valence-electron chi connectivity index (χ1n) is 6.12. The van der Waals surface area contributed by atoms with Gasteiger partial charge in [0, 0.05) is 45.3 Å². The fourth-order valence-corrected chi connectivity index (χ4v) is 2.33. The average molecular weight is 299 g/mol. The van der Waals surface area contributed by atoms with Gasteiger partial charge in [-0.15, -0.1) is 0 Å². The molecule has 0 aromatic heterocycles. The lowest BCUT2D eigenvalue weighted by molar-refractivity contribution is 0.0804. The molecule has 0 fully saturated rings. The normalized spacial score (nSPS) is 11.2. The second-order valence-corrected chi connectivity index (χ2v) is 7.29. The highest BCUT2D eigenvalue weighted by Crippen LogP contribution is 2.22. The van der Waals surface area contributed by atoms with Crippen LogP contribution >= 0.6 is 0 Å². The Bertz CT molecular complexity index is 597. The van der Waals surface area contributed by atoms with E-state index in [4.69, 9.17) is 5.73 Å². The molecule has 0 saturated carbocycles. The number of carbonyl (C=O) groups is 1. The number of amides is 1. The Kier molecular flexibility index (Phi) is 4.99. The van der Waals surface area contributed by atoms with E-state index in [1.807, 2.05) is 19.0 Å². The van der Waals surface area contributed by atoms with Crippen molar-refractivity contribution in [3.8, 4) is 0 Å². The predicted molar refractivity (Wildman–Crippen MR) is 81.9 cm³/mol. The maximum atomic E-state index is 12.4. The average Bonchev–Trinajstić information content (AvgIpc) is 2.33. The fraction of sp³-hybridized carbons (Fsp3) is 0.462. The smallest absolute Gasteiger partial charge is 0.255 e. The van der Waals surface area contributed by atoms with E-state index in [1.54, 1.807) is 25.2 Å². The summed E-state index contributed by atoms with van der Waals surface area (Å²) in [6.45, 7) is 0.152. The summed E-state index contributed by atoms with van der Waals surface area (Å²) in [5.41, 5.74) is 7.43. The van der Waals surface area contributed by atoms with Gasteiger partial charge in [-0.1, -0.05) is 0 Å². The van der Waals surface area contributed by atoms with Crippen LogP contribution in [0.5, 0.6) is 0 Å². The molecule has 0 spiro atoms. The van der Waals surface area contributed by atoms with Crippen LogP contribution in [0, 0.1) is 0 Å². The van der Waals surface area contributed by atoms with Gasteiger partial charge in [0.05, 0.1) is 11.3 Å². The zero-order valence-corrected chi connectivity index (χ0v) is 13.1. The van der Waals surface area contributed by atoms with Crippen molar-refractivity contribution in [2.45, 2.75) is 0 Å². The molecule has 1 rings (SSSR count). The monoisotopic (exact) mass is 299 g/mol. The first kappa shape index (κ1) is 16.3. The number of carbonyl (C=O) groups excluding carboxylic acids is 1. The van der Waals surface area contributed by atoms with Gasteiger partial charge in [0.25, 0.3) is 5.91 Å². The first-order valence-corrected chi connectivity index (χ1v) is 8.18. The molecule has 0 saturated heterocycles. The van der Waals surface area contributed by atoms with E-state index in [0.29, 0.717) is 11.3 Å². The molecular formula is C13H21N3O3S. The van der Waals surface area contributed by atoms with E-state index < -0.39 is 9.84 Å². The molecule has 112 valence electrons. The zero-order chi connectivity index (χ0) is 15.5. The third-order valence-corrected chi connectivity index (χ3v) is 3.80. The van der Waals surface area contributed by atoms with Crippen LogP contribution in [0.4, 0.5) is 11.4 Å². The van der Waals surface area contributed by atoms with Crippen LogP contribution in [-0.4, -0.2) is 58.9 Å². The molecule has 0 aliphatic carbocycles. The summed E-state index contributed by atoms with van der Waals surface area (Å²) in [5, 5.41) is 0. The summed E-state index contributed by atoms with van der Waals surface area (Å²) in [7, 11) is 2.15. The lowest BCUT2D eigenvalue weighted by Crippen LogP contribution is -2.32. The quantitative estimate of drug-likeness (QED) is 0.798. The standard InChI is InChI=1S/C13H21N3O3S/c1-15(2)12-6-5-10(14)9-11(12)13(17)16(3)7-8-20(4,18)19/h5-6,9H,7-8,14H2,1-4H3. The lowest BCUT2D eigenvalue weighted by atomic mass is 10.1. The summed E-state index contributed by atoms with van der Waals surface area (Å²) < 4.78 is 22.3. The molecule has 1 amide bonds. The second-order valence-electron chi connectivity index (χ2n) is 5.03. The van der Waals surface area contributed by atoms with Gasteiger partial charge in [0.1, 0.15) is 9.84 Å². The molecule has 0 unspecified atom stereocenters. The van der Waals surface area contributed by atoms with Crippen molar-refractivity contribution in [3.05, 3.63) is 23.8 Å². The summed E-state index contributed by atoms with van der Waals surface area (Å²) in [4.78, 5) is 15.6. The zero-order valence-electron chi connectivity index (χ0n) is 12.3. The summed E-state index contributed by atoms with van der Waals surface area (Å²) in [5.74, 6) is -0.306. The Morgan fingerprint density at radius 1 is 1.25 bits per heavy atom. The van der Waals surface area contributed by atoms with Gasteiger partial charge in [0.2, 0.25) is 0 Å². The Morgan fingerprint density at radius 2 is 1.85 bits per heavy atom. The fourth-order valence-electron chi connectivity index (χ4n) is 1.72. The Hall–Kier alpha value is -1.76. The van der Waals surface area contributed by atoms with E-state index in [0.717, 1.165) is 11.9 Å². The summed E-state index contributed by atoms with van der Waals surface area (Å²) in [6, 6.07) is 5.10. The Balaban J connectivity index is 2.99. The third kappa shape index (κ3) is 4.41. The maximum Gasteiger partial charge on any atom is 0.255 e. The number of rotatable bonds is 5. The van der Waals surface area contributed by atoms with Gasteiger partial charge < -0.3 is 15.5 Å². The number of sulfone groups is 1. The lowest BCUT2D eigenvalue weighted by Gasteiger charge is -2.22. The SMILES string of the molecule is CN(CCS(C)(=O)=O)C(=O)c1cc(N)ccc1N(C)C. The minimum absolute atomic E-state index is 0.0607. The van der Waals surface area contributed by atoms with Crippen LogP contribution in [-0.2, 0) is 9.84 Å². The molecule has 0 heterocycles. The van der Waals surface area contributed by atoms with Crippen LogP contribution in [0.3, 0.4) is 0 Å². The van der Waals surface area contributed by atoms with E-state index in [2.05, 4.69) is 0 Å². The summed E-state index contributed by atoms with van der Waals surface area (Å²) in [6.07, 6.45) is 1.15. The third-order valence-electron chi connectivity index (χ3n) is 2.88. The van der Waals surface area contributed by atoms with Crippen LogP contribution in [0.25, 0.3) is 0 Å². The van der Waals surface area contributed by atoms with Gasteiger partial charge in [0.15, 0.2) is 0 Å². The highest BCUT2D eigenvalue weighted by atomic mass is 32.2. The minimum atomic E-state index is -3.10. The molecule has 1 aromatic rings.